The number of hydrazine groups is 1. The van der Waals surface area contributed by atoms with Gasteiger partial charge in [0.05, 0.1) is 0 Å². The first-order chi connectivity index (χ1) is 9.22. The quantitative estimate of drug-likeness (QED) is 0.632. The number of aromatic nitrogens is 2. The van der Waals surface area contributed by atoms with Crippen LogP contribution in [-0.2, 0) is 0 Å². The number of anilines is 1. The molecular weight excluding hydrogens is 236 g/mol. The first-order valence-electron chi connectivity index (χ1n) is 7.55. The van der Waals surface area contributed by atoms with Gasteiger partial charge in [-0.1, -0.05) is 0 Å². The molecule has 0 unspecified atom stereocenters. The molecule has 4 heteroatoms. The van der Waals surface area contributed by atoms with Crippen molar-refractivity contribution in [2.75, 3.05) is 5.43 Å². The molecule has 5 rings (SSSR count). The highest BCUT2D eigenvalue weighted by atomic mass is 15.3. The summed E-state index contributed by atoms with van der Waals surface area (Å²) < 4.78 is 0. The first-order valence-corrected chi connectivity index (χ1v) is 7.55. The van der Waals surface area contributed by atoms with Gasteiger partial charge in [-0.25, -0.2) is 15.8 Å². The van der Waals surface area contributed by atoms with Crippen LogP contribution >= 0.6 is 0 Å². The number of hydrogen-bond donors (Lipinski definition) is 2. The average molecular weight is 258 g/mol. The predicted molar refractivity (Wildman–Crippen MR) is 74.4 cm³/mol. The Morgan fingerprint density at radius 3 is 2.26 bits per heavy atom. The molecule has 4 aliphatic carbocycles. The standard InChI is InChI=1S/C15H22N4/c1-8-17-13(7-14(18-8)19-16)15-11-3-9-2-10(5-11)6-12(15)4-9/h7,9-12,15H,2-6,16H2,1H3,(H,17,18,19). The van der Waals surface area contributed by atoms with E-state index in [1.165, 1.54) is 37.8 Å². The number of nitrogens with one attached hydrogen (secondary N) is 1. The van der Waals surface area contributed by atoms with Gasteiger partial charge in [-0.3, -0.25) is 0 Å². The molecule has 1 heterocycles. The van der Waals surface area contributed by atoms with Crippen molar-refractivity contribution in [1.82, 2.24) is 9.97 Å². The average Bonchev–Trinajstić information content (AvgIpc) is 2.36. The largest absolute Gasteiger partial charge is 0.308 e. The van der Waals surface area contributed by atoms with Gasteiger partial charge < -0.3 is 5.43 Å². The summed E-state index contributed by atoms with van der Waals surface area (Å²) in [4.78, 5) is 9.04. The van der Waals surface area contributed by atoms with Crippen molar-refractivity contribution in [2.45, 2.75) is 44.9 Å². The fourth-order valence-electron chi connectivity index (χ4n) is 5.24. The molecule has 4 aliphatic rings. The van der Waals surface area contributed by atoms with Crippen molar-refractivity contribution < 1.29 is 0 Å². The summed E-state index contributed by atoms with van der Waals surface area (Å²) in [6, 6.07) is 2.07. The van der Waals surface area contributed by atoms with E-state index >= 15 is 0 Å². The molecule has 0 radical (unpaired) electrons. The maximum atomic E-state index is 5.52. The molecule has 0 atom stereocenters. The summed E-state index contributed by atoms with van der Waals surface area (Å²) in [7, 11) is 0. The van der Waals surface area contributed by atoms with Crippen LogP contribution in [-0.4, -0.2) is 9.97 Å². The third kappa shape index (κ3) is 1.84. The molecule has 1 aromatic heterocycles. The van der Waals surface area contributed by atoms with E-state index in [9.17, 15) is 0 Å². The van der Waals surface area contributed by atoms with Crippen LogP contribution in [0.2, 0.25) is 0 Å². The zero-order chi connectivity index (χ0) is 13.0. The van der Waals surface area contributed by atoms with E-state index in [0.29, 0.717) is 5.92 Å². The number of rotatable bonds is 2. The Labute approximate surface area is 114 Å². The van der Waals surface area contributed by atoms with Crippen LogP contribution < -0.4 is 11.3 Å². The van der Waals surface area contributed by atoms with E-state index in [-0.39, 0.29) is 0 Å². The molecule has 0 spiro atoms. The molecule has 4 bridgehead atoms. The van der Waals surface area contributed by atoms with Crippen molar-refractivity contribution in [3.05, 3.63) is 17.6 Å². The van der Waals surface area contributed by atoms with E-state index in [0.717, 1.165) is 35.3 Å². The molecule has 19 heavy (non-hydrogen) atoms. The van der Waals surface area contributed by atoms with Gasteiger partial charge >= 0.3 is 0 Å². The van der Waals surface area contributed by atoms with Crippen LogP contribution in [0.15, 0.2) is 6.07 Å². The van der Waals surface area contributed by atoms with E-state index in [4.69, 9.17) is 10.8 Å². The number of hydrogen-bond acceptors (Lipinski definition) is 4. The van der Waals surface area contributed by atoms with Gasteiger partial charge in [-0.15, -0.1) is 0 Å². The fraction of sp³-hybridized carbons (Fsp3) is 0.733. The molecule has 102 valence electrons. The summed E-state index contributed by atoms with van der Waals surface area (Å²) in [5, 5.41) is 0. The van der Waals surface area contributed by atoms with Crippen LogP contribution in [0, 0.1) is 30.6 Å². The predicted octanol–water partition coefficient (Wildman–Crippen LogP) is 2.61. The smallest absolute Gasteiger partial charge is 0.143 e. The van der Waals surface area contributed by atoms with Crippen molar-refractivity contribution in [3.63, 3.8) is 0 Å². The Kier molecular flexibility index (Phi) is 2.56. The molecule has 3 N–H and O–H groups in total. The van der Waals surface area contributed by atoms with Crippen molar-refractivity contribution in [2.24, 2.45) is 29.5 Å². The number of nitrogens with zero attached hydrogens (tertiary/aromatic N) is 2. The SMILES string of the molecule is Cc1nc(NN)cc(C2C3CC4CC(C3)CC2C4)n1. The van der Waals surface area contributed by atoms with Gasteiger partial charge in [-0.2, -0.15) is 0 Å². The lowest BCUT2D eigenvalue weighted by atomic mass is 9.51. The molecule has 0 saturated heterocycles. The number of nitrogen functional groups attached to an aromatic ring is 1. The molecular formula is C15H22N4. The van der Waals surface area contributed by atoms with E-state index in [2.05, 4.69) is 16.5 Å². The second-order valence-corrected chi connectivity index (χ2v) is 6.83. The Morgan fingerprint density at radius 1 is 1.05 bits per heavy atom. The Bertz CT molecular complexity index is 471. The lowest BCUT2D eigenvalue weighted by molar-refractivity contribution is -0.00421. The minimum atomic E-state index is 0.654. The summed E-state index contributed by atoms with van der Waals surface area (Å²) in [5.74, 6) is 11.5. The third-order valence-corrected chi connectivity index (χ3v) is 5.57. The van der Waals surface area contributed by atoms with Crippen molar-refractivity contribution in [1.29, 1.82) is 0 Å². The Morgan fingerprint density at radius 2 is 1.68 bits per heavy atom. The minimum Gasteiger partial charge on any atom is -0.308 e. The van der Waals surface area contributed by atoms with E-state index < -0.39 is 0 Å². The molecule has 1 aromatic rings. The highest BCUT2D eigenvalue weighted by Gasteiger charge is 2.49. The first kappa shape index (κ1) is 11.6. The van der Waals surface area contributed by atoms with E-state index in [1.807, 2.05) is 6.92 Å². The highest BCUT2D eigenvalue weighted by molar-refractivity contribution is 5.36. The van der Waals surface area contributed by atoms with Gasteiger partial charge in [-0.05, 0) is 62.7 Å². The normalized spacial score (nSPS) is 39.6. The molecule has 0 aliphatic heterocycles. The minimum absolute atomic E-state index is 0.654. The highest BCUT2D eigenvalue weighted by Crippen LogP contribution is 2.59. The van der Waals surface area contributed by atoms with Gasteiger partial charge in [0.15, 0.2) is 0 Å². The number of aryl methyl sites for hydroxylation is 1. The van der Waals surface area contributed by atoms with Gasteiger partial charge in [0.25, 0.3) is 0 Å². The molecule has 4 nitrogen and oxygen atoms in total. The maximum Gasteiger partial charge on any atom is 0.143 e. The van der Waals surface area contributed by atoms with Gasteiger partial charge in [0, 0.05) is 17.7 Å². The van der Waals surface area contributed by atoms with Gasteiger partial charge in [0.1, 0.15) is 11.6 Å². The zero-order valence-corrected chi connectivity index (χ0v) is 11.5. The molecule has 0 aromatic carbocycles. The molecule has 4 fully saturated rings. The second kappa shape index (κ2) is 4.17. The van der Waals surface area contributed by atoms with Crippen LogP contribution in [0.3, 0.4) is 0 Å². The van der Waals surface area contributed by atoms with Crippen LogP contribution in [0.25, 0.3) is 0 Å². The molecule has 4 saturated carbocycles. The van der Waals surface area contributed by atoms with Crippen LogP contribution in [0.1, 0.15) is 49.5 Å². The molecule has 0 amide bonds. The van der Waals surface area contributed by atoms with E-state index in [1.54, 1.807) is 0 Å². The lowest BCUT2D eigenvalue weighted by Crippen LogP contribution is -2.44. The zero-order valence-electron chi connectivity index (χ0n) is 11.5. The van der Waals surface area contributed by atoms with Gasteiger partial charge in [0.2, 0.25) is 0 Å². The monoisotopic (exact) mass is 258 g/mol. The Balaban J connectivity index is 1.70. The van der Waals surface area contributed by atoms with Crippen molar-refractivity contribution >= 4 is 5.82 Å². The second-order valence-electron chi connectivity index (χ2n) is 6.83. The van der Waals surface area contributed by atoms with Crippen LogP contribution in [0.4, 0.5) is 5.82 Å². The maximum absolute atomic E-state index is 5.52. The Hall–Kier alpha value is -1.16. The third-order valence-electron chi connectivity index (χ3n) is 5.57. The summed E-state index contributed by atoms with van der Waals surface area (Å²) in [6.07, 6.45) is 7.19. The lowest BCUT2D eigenvalue weighted by Gasteiger charge is -2.54. The van der Waals surface area contributed by atoms with Crippen molar-refractivity contribution in [3.8, 4) is 0 Å². The summed E-state index contributed by atoms with van der Waals surface area (Å²) >= 11 is 0. The fourth-order valence-corrected chi connectivity index (χ4v) is 5.24. The summed E-state index contributed by atoms with van der Waals surface area (Å²) in [6.45, 7) is 1.96. The summed E-state index contributed by atoms with van der Waals surface area (Å²) in [5.41, 5.74) is 3.91. The topological polar surface area (TPSA) is 63.8 Å². The number of nitrogens with two attached hydrogens (primary N) is 1. The van der Waals surface area contributed by atoms with Crippen LogP contribution in [0.5, 0.6) is 0 Å².